The molecule has 2 aromatic rings. The van der Waals surface area contributed by atoms with Crippen molar-refractivity contribution in [2.45, 2.75) is 25.7 Å². The number of alkyl halides is 3. The summed E-state index contributed by atoms with van der Waals surface area (Å²) in [6, 6.07) is 11.1. The zero-order chi connectivity index (χ0) is 18.6. The van der Waals surface area contributed by atoms with E-state index in [1.165, 1.54) is 18.2 Å². The summed E-state index contributed by atoms with van der Waals surface area (Å²) >= 11 is 0. The Kier molecular flexibility index (Phi) is 5.20. The molecule has 0 spiro atoms. The van der Waals surface area contributed by atoms with Crippen molar-refractivity contribution in [2.24, 2.45) is 0 Å². The van der Waals surface area contributed by atoms with Crippen LogP contribution in [0.4, 0.5) is 13.2 Å². The molecule has 8 heteroatoms. The Hall–Kier alpha value is -2.90. The molecule has 138 valence electrons. The lowest BCUT2D eigenvalue weighted by Gasteiger charge is -2.13. The van der Waals surface area contributed by atoms with E-state index in [9.17, 15) is 18.0 Å². The van der Waals surface area contributed by atoms with E-state index in [1.807, 2.05) is 12.1 Å². The molecule has 3 rings (SSSR count). The van der Waals surface area contributed by atoms with Gasteiger partial charge in [-0.25, -0.2) is 0 Å². The number of para-hydroxylation sites is 1. The molecular weight excluding hydrogens is 351 g/mol. The number of rotatable bonds is 6. The molecule has 1 aliphatic rings. The summed E-state index contributed by atoms with van der Waals surface area (Å²) in [5.41, 5.74) is 1.16. The van der Waals surface area contributed by atoms with Crippen molar-refractivity contribution in [3.05, 3.63) is 53.6 Å². The number of amides is 1. The minimum Gasteiger partial charge on any atom is -0.454 e. The summed E-state index contributed by atoms with van der Waals surface area (Å²) in [5, 5.41) is 2.61. The number of fused-ring (bicyclic) bond motifs is 1. The second-order valence-electron chi connectivity index (χ2n) is 5.62. The van der Waals surface area contributed by atoms with Crippen molar-refractivity contribution in [3.63, 3.8) is 0 Å². The van der Waals surface area contributed by atoms with Gasteiger partial charge in [-0.2, -0.15) is 0 Å². The van der Waals surface area contributed by atoms with E-state index in [2.05, 4.69) is 10.1 Å². The first kappa shape index (κ1) is 17.9. The van der Waals surface area contributed by atoms with Crippen LogP contribution < -0.4 is 19.5 Å². The highest BCUT2D eigenvalue weighted by Gasteiger charge is 2.31. The Labute approximate surface area is 147 Å². The van der Waals surface area contributed by atoms with E-state index in [-0.39, 0.29) is 37.0 Å². The largest absolute Gasteiger partial charge is 0.573 e. The molecule has 0 radical (unpaired) electrons. The Morgan fingerprint density at radius 2 is 1.88 bits per heavy atom. The molecule has 0 fully saturated rings. The van der Waals surface area contributed by atoms with E-state index in [0.29, 0.717) is 17.9 Å². The van der Waals surface area contributed by atoms with Crippen LogP contribution in [-0.4, -0.2) is 19.1 Å². The molecule has 0 unspecified atom stereocenters. The molecule has 0 bridgehead atoms. The maximum Gasteiger partial charge on any atom is 0.573 e. The zero-order valence-electron chi connectivity index (χ0n) is 13.6. The predicted octanol–water partition coefficient (Wildman–Crippen LogP) is 3.56. The molecule has 1 heterocycles. The fraction of sp³-hybridized carbons (Fsp3) is 0.278. The average molecular weight is 367 g/mol. The molecule has 5 nitrogen and oxygen atoms in total. The average Bonchev–Trinajstić information content (AvgIpc) is 3.05. The van der Waals surface area contributed by atoms with E-state index in [1.54, 1.807) is 12.1 Å². The summed E-state index contributed by atoms with van der Waals surface area (Å²) in [6.45, 7) is 0.130. The molecule has 2 aromatic carbocycles. The number of carbonyl (C=O) groups excluding carboxylic acids is 1. The summed E-state index contributed by atoms with van der Waals surface area (Å²) in [5.74, 6) is 0.709. The summed E-state index contributed by atoms with van der Waals surface area (Å²) in [4.78, 5) is 12.0. The third-order valence-corrected chi connectivity index (χ3v) is 3.75. The van der Waals surface area contributed by atoms with Gasteiger partial charge in [0.05, 0.1) is 0 Å². The lowest BCUT2D eigenvalue weighted by Crippen LogP contribution is -2.24. The first-order valence-electron chi connectivity index (χ1n) is 7.89. The standard InChI is InChI=1S/C18H16F3NO4/c19-18(20,21)26-14-4-2-1-3-13(14)10-22-17(23)8-6-12-5-7-15-16(9-12)25-11-24-15/h1-5,7,9H,6,8,10-11H2,(H,22,23). The first-order chi connectivity index (χ1) is 12.4. The number of hydrogen-bond acceptors (Lipinski definition) is 4. The number of ether oxygens (including phenoxy) is 3. The number of nitrogens with one attached hydrogen (secondary N) is 1. The molecule has 0 saturated heterocycles. The van der Waals surface area contributed by atoms with Crippen LogP contribution >= 0.6 is 0 Å². The van der Waals surface area contributed by atoms with Crippen LogP contribution in [-0.2, 0) is 17.8 Å². The van der Waals surface area contributed by atoms with Crippen LogP contribution in [0.15, 0.2) is 42.5 Å². The second-order valence-corrected chi connectivity index (χ2v) is 5.62. The van der Waals surface area contributed by atoms with Crippen molar-refractivity contribution in [1.82, 2.24) is 5.32 Å². The Morgan fingerprint density at radius 3 is 2.69 bits per heavy atom. The first-order valence-corrected chi connectivity index (χ1v) is 7.89. The molecule has 1 amide bonds. The molecule has 26 heavy (non-hydrogen) atoms. The summed E-state index contributed by atoms with van der Waals surface area (Å²) in [7, 11) is 0. The molecule has 0 aliphatic carbocycles. The fourth-order valence-corrected chi connectivity index (χ4v) is 2.51. The number of aryl methyl sites for hydroxylation is 1. The quantitative estimate of drug-likeness (QED) is 0.848. The highest BCUT2D eigenvalue weighted by Crippen LogP contribution is 2.32. The van der Waals surface area contributed by atoms with E-state index < -0.39 is 6.36 Å². The molecule has 0 aromatic heterocycles. The SMILES string of the molecule is O=C(CCc1ccc2c(c1)OCO2)NCc1ccccc1OC(F)(F)F. The minimum atomic E-state index is -4.78. The minimum absolute atomic E-state index is 0.0494. The predicted molar refractivity (Wildman–Crippen MR) is 85.9 cm³/mol. The van der Waals surface area contributed by atoms with Gasteiger partial charge in [-0.1, -0.05) is 24.3 Å². The smallest absolute Gasteiger partial charge is 0.454 e. The van der Waals surface area contributed by atoms with E-state index >= 15 is 0 Å². The van der Waals surface area contributed by atoms with Gasteiger partial charge >= 0.3 is 6.36 Å². The van der Waals surface area contributed by atoms with Crippen LogP contribution in [0.25, 0.3) is 0 Å². The highest BCUT2D eigenvalue weighted by atomic mass is 19.4. The topological polar surface area (TPSA) is 56.8 Å². The van der Waals surface area contributed by atoms with Crippen molar-refractivity contribution >= 4 is 5.91 Å². The van der Waals surface area contributed by atoms with Gasteiger partial charge in [0.2, 0.25) is 12.7 Å². The van der Waals surface area contributed by atoms with Crippen molar-refractivity contribution < 1.29 is 32.2 Å². The third kappa shape index (κ3) is 4.81. The van der Waals surface area contributed by atoms with Crippen LogP contribution in [0.5, 0.6) is 17.2 Å². The van der Waals surface area contributed by atoms with Gasteiger partial charge in [0.1, 0.15) is 5.75 Å². The lowest BCUT2D eigenvalue weighted by molar-refractivity contribution is -0.274. The molecule has 1 aliphatic heterocycles. The van der Waals surface area contributed by atoms with Gasteiger partial charge in [0, 0.05) is 18.5 Å². The Bertz CT molecular complexity index is 792. The summed E-state index contributed by atoms with van der Waals surface area (Å²) < 4.78 is 51.6. The van der Waals surface area contributed by atoms with Crippen molar-refractivity contribution in [2.75, 3.05) is 6.79 Å². The van der Waals surface area contributed by atoms with E-state index in [0.717, 1.165) is 5.56 Å². The maximum absolute atomic E-state index is 12.4. The normalized spacial score (nSPS) is 12.7. The molecule has 0 atom stereocenters. The van der Waals surface area contributed by atoms with Crippen LogP contribution in [0.1, 0.15) is 17.5 Å². The Morgan fingerprint density at radius 1 is 1.12 bits per heavy atom. The highest BCUT2D eigenvalue weighted by molar-refractivity contribution is 5.76. The second kappa shape index (κ2) is 7.55. The lowest BCUT2D eigenvalue weighted by atomic mass is 10.1. The van der Waals surface area contributed by atoms with Gasteiger partial charge in [-0.3, -0.25) is 4.79 Å². The van der Waals surface area contributed by atoms with Crippen molar-refractivity contribution in [1.29, 1.82) is 0 Å². The number of hydrogen-bond donors (Lipinski definition) is 1. The number of benzene rings is 2. The van der Waals surface area contributed by atoms with Crippen molar-refractivity contribution in [3.8, 4) is 17.2 Å². The Balaban J connectivity index is 1.52. The van der Waals surface area contributed by atoms with Gasteiger partial charge in [-0.05, 0) is 30.2 Å². The van der Waals surface area contributed by atoms with Gasteiger partial charge in [0.25, 0.3) is 0 Å². The number of carbonyl (C=O) groups is 1. The molecule has 1 N–H and O–H groups in total. The molecular formula is C18H16F3NO4. The number of halogens is 3. The van der Waals surface area contributed by atoms with Gasteiger partial charge in [0.15, 0.2) is 11.5 Å². The van der Waals surface area contributed by atoms with Gasteiger partial charge in [-0.15, -0.1) is 13.2 Å². The van der Waals surface area contributed by atoms with Crippen LogP contribution in [0.2, 0.25) is 0 Å². The maximum atomic E-state index is 12.4. The van der Waals surface area contributed by atoms with Crippen LogP contribution in [0.3, 0.4) is 0 Å². The van der Waals surface area contributed by atoms with Gasteiger partial charge < -0.3 is 19.5 Å². The van der Waals surface area contributed by atoms with E-state index in [4.69, 9.17) is 9.47 Å². The fourth-order valence-electron chi connectivity index (χ4n) is 2.51. The monoisotopic (exact) mass is 367 g/mol. The summed E-state index contributed by atoms with van der Waals surface area (Å²) in [6.07, 6.45) is -4.11. The van der Waals surface area contributed by atoms with Crippen LogP contribution in [0, 0.1) is 0 Å². The third-order valence-electron chi connectivity index (χ3n) is 3.75. The molecule has 0 saturated carbocycles. The zero-order valence-corrected chi connectivity index (χ0v) is 13.6.